The molecular formula is C10H17NO6. The van der Waals surface area contributed by atoms with Crippen molar-refractivity contribution in [2.45, 2.75) is 45.1 Å². The zero-order valence-electron chi connectivity index (χ0n) is 9.97. The van der Waals surface area contributed by atoms with Crippen molar-refractivity contribution in [1.82, 2.24) is 0 Å². The zero-order chi connectivity index (χ0) is 13.5. The van der Waals surface area contributed by atoms with Gasteiger partial charge in [-0.25, -0.2) is 0 Å². The van der Waals surface area contributed by atoms with Crippen LogP contribution in [0.25, 0.3) is 0 Å². The molecule has 0 saturated heterocycles. The molecule has 0 unspecified atom stereocenters. The molecule has 0 aliphatic carbocycles. The van der Waals surface area contributed by atoms with E-state index in [0.29, 0.717) is 12.8 Å². The number of esters is 1. The molecule has 0 spiro atoms. The molecule has 98 valence electrons. The molecular weight excluding hydrogens is 230 g/mol. The van der Waals surface area contributed by atoms with Gasteiger partial charge in [0.2, 0.25) is 5.54 Å². The molecule has 0 aromatic carbocycles. The molecule has 0 saturated carbocycles. The Morgan fingerprint density at radius 3 is 2.29 bits per heavy atom. The molecule has 0 radical (unpaired) electrons. The maximum Gasteiger partial charge on any atom is 0.306 e. The molecule has 0 fully saturated rings. The van der Waals surface area contributed by atoms with E-state index in [1.807, 2.05) is 0 Å². The van der Waals surface area contributed by atoms with E-state index >= 15 is 0 Å². The highest BCUT2D eigenvalue weighted by molar-refractivity contribution is 5.69. The zero-order valence-corrected chi connectivity index (χ0v) is 9.97. The second-order valence-electron chi connectivity index (χ2n) is 4.33. The van der Waals surface area contributed by atoms with Gasteiger partial charge in [-0.1, -0.05) is 0 Å². The van der Waals surface area contributed by atoms with E-state index in [1.165, 1.54) is 13.8 Å². The Hall–Kier alpha value is -1.66. The molecule has 0 amide bonds. The lowest BCUT2D eigenvalue weighted by Gasteiger charge is -2.15. The van der Waals surface area contributed by atoms with E-state index in [-0.39, 0.29) is 19.4 Å². The van der Waals surface area contributed by atoms with Gasteiger partial charge in [0.15, 0.2) is 6.61 Å². The molecule has 0 atom stereocenters. The van der Waals surface area contributed by atoms with Crippen LogP contribution in [0, 0.1) is 10.1 Å². The number of carboxylic acid groups (broad SMARTS) is 1. The van der Waals surface area contributed by atoms with Crippen LogP contribution in [0.3, 0.4) is 0 Å². The molecule has 0 rings (SSSR count). The molecule has 0 bridgehead atoms. The number of rotatable bonds is 8. The van der Waals surface area contributed by atoms with Gasteiger partial charge in [-0.3, -0.25) is 19.7 Å². The van der Waals surface area contributed by atoms with Crippen LogP contribution in [0.1, 0.15) is 39.5 Å². The largest absolute Gasteiger partial charge is 0.481 e. The van der Waals surface area contributed by atoms with E-state index in [9.17, 15) is 19.7 Å². The Kier molecular flexibility index (Phi) is 6.16. The van der Waals surface area contributed by atoms with Gasteiger partial charge in [0.25, 0.3) is 0 Å². The van der Waals surface area contributed by atoms with E-state index in [1.54, 1.807) is 0 Å². The number of hydrogen-bond donors (Lipinski definition) is 1. The third-order valence-electron chi connectivity index (χ3n) is 2.10. The molecule has 0 aromatic heterocycles. The molecule has 7 nitrogen and oxygen atoms in total. The highest BCUT2D eigenvalue weighted by Crippen LogP contribution is 2.09. The van der Waals surface area contributed by atoms with Crippen LogP contribution < -0.4 is 0 Å². The van der Waals surface area contributed by atoms with Gasteiger partial charge in [0.1, 0.15) is 0 Å². The van der Waals surface area contributed by atoms with Crippen molar-refractivity contribution < 1.29 is 24.4 Å². The fourth-order valence-corrected chi connectivity index (χ4v) is 0.928. The lowest BCUT2D eigenvalue weighted by molar-refractivity contribution is -0.563. The van der Waals surface area contributed by atoms with Crippen LogP contribution in [0.5, 0.6) is 0 Å². The van der Waals surface area contributed by atoms with E-state index in [4.69, 9.17) is 9.84 Å². The third kappa shape index (κ3) is 7.26. The Bertz CT molecular complexity index is 299. The average Bonchev–Trinajstić information content (AvgIpc) is 2.21. The average molecular weight is 247 g/mol. The summed E-state index contributed by atoms with van der Waals surface area (Å²) in [5, 5.41) is 18.9. The SMILES string of the molecule is CC(C)(COC(=O)CCCCC(=O)O)[N+](=O)[O-]. The first kappa shape index (κ1) is 15.3. The summed E-state index contributed by atoms with van der Waals surface area (Å²) in [4.78, 5) is 31.4. The second kappa shape index (κ2) is 6.82. The predicted molar refractivity (Wildman–Crippen MR) is 58.1 cm³/mol. The second-order valence-corrected chi connectivity index (χ2v) is 4.33. The Morgan fingerprint density at radius 1 is 1.29 bits per heavy atom. The predicted octanol–water partition coefficient (Wildman–Crippen LogP) is 1.23. The quantitative estimate of drug-likeness (QED) is 0.299. The summed E-state index contributed by atoms with van der Waals surface area (Å²) in [6, 6.07) is 0. The van der Waals surface area contributed by atoms with E-state index in [2.05, 4.69) is 0 Å². The van der Waals surface area contributed by atoms with Gasteiger partial charge in [0.05, 0.1) is 0 Å². The van der Waals surface area contributed by atoms with Gasteiger partial charge in [-0.2, -0.15) is 0 Å². The first-order valence-electron chi connectivity index (χ1n) is 5.27. The molecule has 0 aliphatic rings. The Labute approximate surface area is 98.9 Å². The smallest absolute Gasteiger partial charge is 0.306 e. The van der Waals surface area contributed by atoms with Gasteiger partial charge in [0, 0.05) is 31.6 Å². The number of aliphatic carboxylic acids is 1. The topological polar surface area (TPSA) is 107 Å². The van der Waals surface area contributed by atoms with Crippen molar-refractivity contribution in [3.8, 4) is 0 Å². The number of carbonyl (C=O) groups excluding carboxylic acids is 1. The first-order valence-corrected chi connectivity index (χ1v) is 5.27. The van der Waals surface area contributed by atoms with Crippen molar-refractivity contribution in [2.75, 3.05) is 6.61 Å². The van der Waals surface area contributed by atoms with Crippen LogP contribution in [0.2, 0.25) is 0 Å². The van der Waals surface area contributed by atoms with Gasteiger partial charge in [-0.05, 0) is 12.8 Å². The number of hydrogen-bond acceptors (Lipinski definition) is 5. The monoisotopic (exact) mass is 247 g/mol. The third-order valence-corrected chi connectivity index (χ3v) is 2.10. The minimum absolute atomic E-state index is 0.00761. The lowest BCUT2D eigenvalue weighted by Crippen LogP contribution is -2.37. The van der Waals surface area contributed by atoms with E-state index < -0.39 is 22.4 Å². The summed E-state index contributed by atoms with van der Waals surface area (Å²) >= 11 is 0. The summed E-state index contributed by atoms with van der Waals surface area (Å²) in [5.74, 6) is -1.45. The molecule has 7 heteroatoms. The standard InChI is InChI=1S/C10H17NO6/c1-10(2,11(15)16)7-17-9(14)6-4-3-5-8(12)13/h3-7H2,1-2H3,(H,12,13). The first-order chi connectivity index (χ1) is 7.75. The Morgan fingerprint density at radius 2 is 1.82 bits per heavy atom. The van der Waals surface area contributed by atoms with Crippen molar-refractivity contribution in [1.29, 1.82) is 0 Å². The molecule has 0 aliphatic heterocycles. The maximum atomic E-state index is 11.2. The molecule has 17 heavy (non-hydrogen) atoms. The number of carboxylic acids is 1. The minimum Gasteiger partial charge on any atom is -0.481 e. The van der Waals surface area contributed by atoms with Crippen LogP contribution in [-0.2, 0) is 14.3 Å². The summed E-state index contributed by atoms with van der Waals surface area (Å²) in [5.41, 5.74) is -1.29. The van der Waals surface area contributed by atoms with Crippen LogP contribution >= 0.6 is 0 Å². The maximum absolute atomic E-state index is 11.2. The minimum atomic E-state index is -1.29. The Balaban J connectivity index is 3.74. The normalized spacial score (nSPS) is 10.9. The summed E-state index contributed by atoms with van der Waals surface area (Å²) in [6.07, 6.45) is 0.891. The van der Waals surface area contributed by atoms with Crippen molar-refractivity contribution in [3.63, 3.8) is 0 Å². The highest BCUT2D eigenvalue weighted by Gasteiger charge is 2.32. The van der Waals surface area contributed by atoms with Crippen LogP contribution in [0.4, 0.5) is 0 Å². The van der Waals surface area contributed by atoms with Crippen molar-refractivity contribution in [2.24, 2.45) is 0 Å². The number of unbranched alkanes of at least 4 members (excludes halogenated alkanes) is 1. The summed E-state index contributed by atoms with van der Waals surface area (Å²) in [7, 11) is 0. The number of nitro groups is 1. The molecule has 1 N–H and O–H groups in total. The van der Waals surface area contributed by atoms with Gasteiger partial charge >= 0.3 is 11.9 Å². The lowest BCUT2D eigenvalue weighted by atomic mass is 10.1. The highest BCUT2D eigenvalue weighted by atomic mass is 16.6. The van der Waals surface area contributed by atoms with Gasteiger partial charge < -0.3 is 9.84 Å². The number of carbonyl (C=O) groups is 2. The van der Waals surface area contributed by atoms with Gasteiger partial charge in [-0.15, -0.1) is 0 Å². The van der Waals surface area contributed by atoms with Crippen molar-refractivity contribution in [3.05, 3.63) is 10.1 Å². The summed E-state index contributed by atoms with van der Waals surface area (Å²) < 4.78 is 4.75. The molecule has 0 aromatic rings. The summed E-state index contributed by atoms with van der Waals surface area (Å²) in [6.45, 7) is 2.45. The van der Waals surface area contributed by atoms with Crippen molar-refractivity contribution >= 4 is 11.9 Å². The number of nitrogens with zero attached hydrogens (tertiary/aromatic N) is 1. The molecule has 0 heterocycles. The van der Waals surface area contributed by atoms with E-state index in [0.717, 1.165) is 0 Å². The fraction of sp³-hybridized carbons (Fsp3) is 0.800. The van der Waals surface area contributed by atoms with Crippen LogP contribution in [0.15, 0.2) is 0 Å². The fourth-order valence-electron chi connectivity index (χ4n) is 0.928. The van der Waals surface area contributed by atoms with Crippen LogP contribution in [-0.4, -0.2) is 34.1 Å². The number of ether oxygens (including phenoxy) is 1.